The molecule has 6 heteroatoms. The van der Waals surface area contributed by atoms with Gasteiger partial charge in [-0.05, 0) is 30.4 Å². The molecule has 0 aliphatic heterocycles. The quantitative estimate of drug-likeness (QED) is 0.819. The van der Waals surface area contributed by atoms with Gasteiger partial charge in [0.2, 0.25) is 0 Å². The van der Waals surface area contributed by atoms with Gasteiger partial charge in [-0.3, -0.25) is 14.3 Å². The summed E-state index contributed by atoms with van der Waals surface area (Å²) in [5.41, 5.74) is 0.501. The molecule has 0 saturated carbocycles. The molecular formula is C10H6BrClN2OS. The maximum atomic E-state index is 11.0. The fourth-order valence-corrected chi connectivity index (χ4v) is 2.31. The SMILES string of the molecule is O=c1ccn(-c2ccc(Br)cc2Cl)c(=S)[nH]1. The van der Waals surface area contributed by atoms with E-state index in [-0.39, 0.29) is 5.56 Å². The molecule has 0 bridgehead atoms. The van der Waals surface area contributed by atoms with Crippen molar-refractivity contribution < 1.29 is 0 Å². The number of halogens is 2. The van der Waals surface area contributed by atoms with Gasteiger partial charge in [0.1, 0.15) is 0 Å². The van der Waals surface area contributed by atoms with E-state index in [2.05, 4.69) is 20.9 Å². The number of H-pyrrole nitrogens is 1. The maximum absolute atomic E-state index is 11.0. The molecule has 0 spiro atoms. The Labute approximate surface area is 110 Å². The highest BCUT2D eigenvalue weighted by Crippen LogP contribution is 2.24. The second-order valence-corrected chi connectivity index (χ2v) is 4.79. The van der Waals surface area contributed by atoms with Gasteiger partial charge in [-0.25, -0.2) is 0 Å². The third-order valence-corrected chi connectivity index (χ3v) is 3.09. The third-order valence-electron chi connectivity index (χ3n) is 1.99. The highest BCUT2D eigenvalue weighted by atomic mass is 79.9. The van der Waals surface area contributed by atoms with Crippen molar-refractivity contribution in [2.24, 2.45) is 0 Å². The minimum atomic E-state index is -0.227. The lowest BCUT2D eigenvalue weighted by molar-refractivity contribution is 0.937. The van der Waals surface area contributed by atoms with Crippen LogP contribution in [0.25, 0.3) is 5.69 Å². The Morgan fingerprint density at radius 3 is 2.75 bits per heavy atom. The van der Waals surface area contributed by atoms with Gasteiger partial charge in [-0.1, -0.05) is 27.5 Å². The van der Waals surface area contributed by atoms with Crippen molar-refractivity contribution in [2.75, 3.05) is 0 Å². The molecular weight excluding hydrogens is 312 g/mol. The normalized spacial score (nSPS) is 10.4. The van der Waals surface area contributed by atoms with Crippen LogP contribution in [0, 0.1) is 4.77 Å². The fraction of sp³-hybridized carbons (Fsp3) is 0. The number of nitrogens with zero attached hydrogens (tertiary/aromatic N) is 1. The summed E-state index contributed by atoms with van der Waals surface area (Å²) in [6.07, 6.45) is 1.59. The first-order valence-electron chi connectivity index (χ1n) is 4.35. The second-order valence-electron chi connectivity index (χ2n) is 3.08. The van der Waals surface area contributed by atoms with Crippen LogP contribution >= 0.6 is 39.7 Å². The Hall–Kier alpha value is -0.910. The van der Waals surface area contributed by atoms with Crippen molar-refractivity contribution in [3.8, 4) is 5.69 Å². The van der Waals surface area contributed by atoms with E-state index in [4.69, 9.17) is 23.8 Å². The van der Waals surface area contributed by atoms with Gasteiger partial charge in [-0.2, -0.15) is 0 Å². The van der Waals surface area contributed by atoms with Crippen molar-refractivity contribution in [2.45, 2.75) is 0 Å². The summed E-state index contributed by atoms with van der Waals surface area (Å²) >= 11 is 14.5. The van der Waals surface area contributed by atoms with Crippen LogP contribution in [0.3, 0.4) is 0 Å². The smallest absolute Gasteiger partial charge is 0.251 e. The van der Waals surface area contributed by atoms with Crippen LogP contribution in [-0.2, 0) is 0 Å². The van der Waals surface area contributed by atoms with Crippen LogP contribution in [0.2, 0.25) is 5.02 Å². The summed E-state index contributed by atoms with van der Waals surface area (Å²) in [6, 6.07) is 6.84. The van der Waals surface area contributed by atoms with E-state index in [0.29, 0.717) is 9.79 Å². The van der Waals surface area contributed by atoms with Crippen LogP contribution in [0.1, 0.15) is 0 Å². The van der Waals surface area contributed by atoms with Gasteiger partial charge in [0.15, 0.2) is 4.77 Å². The molecule has 1 aromatic carbocycles. The molecule has 0 atom stereocenters. The number of aromatic nitrogens is 2. The molecule has 0 aliphatic carbocycles. The first kappa shape index (κ1) is 11.6. The van der Waals surface area contributed by atoms with E-state index in [0.717, 1.165) is 10.2 Å². The van der Waals surface area contributed by atoms with Crippen molar-refractivity contribution >= 4 is 39.7 Å². The van der Waals surface area contributed by atoms with Gasteiger partial charge in [0.05, 0.1) is 10.7 Å². The van der Waals surface area contributed by atoms with Crippen LogP contribution < -0.4 is 5.56 Å². The van der Waals surface area contributed by atoms with E-state index >= 15 is 0 Å². The Morgan fingerprint density at radius 1 is 1.38 bits per heavy atom. The van der Waals surface area contributed by atoms with Crippen molar-refractivity contribution in [3.05, 3.63) is 55.1 Å². The summed E-state index contributed by atoms with van der Waals surface area (Å²) in [5.74, 6) is 0. The van der Waals surface area contributed by atoms with Gasteiger partial charge in [-0.15, -0.1) is 0 Å². The standard InChI is InChI=1S/C10H6BrClN2OS/c11-6-1-2-8(7(12)5-6)14-4-3-9(15)13-10(14)16/h1-5H,(H,13,15,16). The number of hydrogen-bond acceptors (Lipinski definition) is 2. The van der Waals surface area contributed by atoms with E-state index in [9.17, 15) is 4.79 Å². The van der Waals surface area contributed by atoms with Gasteiger partial charge in [0, 0.05) is 16.7 Å². The zero-order valence-corrected chi connectivity index (χ0v) is 11.1. The Bertz CT molecular complexity index is 650. The fourth-order valence-electron chi connectivity index (χ4n) is 1.28. The molecule has 0 fully saturated rings. The summed E-state index contributed by atoms with van der Waals surface area (Å²) in [6.45, 7) is 0. The molecule has 2 rings (SSSR count). The van der Waals surface area contributed by atoms with E-state index in [1.807, 2.05) is 12.1 Å². The molecule has 0 aliphatic rings. The number of aromatic amines is 1. The van der Waals surface area contributed by atoms with E-state index < -0.39 is 0 Å². The Morgan fingerprint density at radius 2 is 2.12 bits per heavy atom. The lowest BCUT2D eigenvalue weighted by Crippen LogP contribution is -2.10. The lowest BCUT2D eigenvalue weighted by atomic mass is 10.3. The molecule has 1 heterocycles. The van der Waals surface area contributed by atoms with Crippen LogP contribution in [0.4, 0.5) is 0 Å². The predicted molar refractivity (Wildman–Crippen MR) is 69.9 cm³/mol. The number of nitrogens with one attached hydrogen (secondary N) is 1. The summed E-state index contributed by atoms with van der Waals surface area (Å²) in [7, 11) is 0. The summed E-state index contributed by atoms with van der Waals surface area (Å²) in [5, 5.41) is 0.553. The Kier molecular flexibility index (Phi) is 3.28. The molecule has 0 amide bonds. The highest BCUT2D eigenvalue weighted by molar-refractivity contribution is 9.10. The highest BCUT2D eigenvalue weighted by Gasteiger charge is 2.03. The first-order chi connectivity index (χ1) is 7.58. The number of benzene rings is 1. The van der Waals surface area contributed by atoms with Gasteiger partial charge >= 0.3 is 0 Å². The minimum absolute atomic E-state index is 0.227. The average molecular weight is 318 g/mol. The summed E-state index contributed by atoms with van der Waals surface area (Å²) in [4.78, 5) is 13.6. The van der Waals surface area contributed by atoms with Crippen molar-refractivity contribution in [1.29, 1.82) is 0 Å². The molecule has 2 aromatic rings. The monoisotopic (exact) mass is 316 g/mol. The molecule has 1 aromatic heterocycles. The lowest BCUT2D eigenvalue weighted by Gasteiger charge is -2.08. The molecule has 3 nitrogen and oxygen atoms in total. The molecule has 1 N–H and O–H groups in total. The average Bonchev–Trinajstić information content (AvgIpc) is 2.19. The molecule has 82 valence electrons. The zero-order valence-electron chi connectivity index (χ0n) is 7.91. The zero-order chi connectivity index (χ0) is 11.7. The molecule has 0 unspecified atom stereocenters. The molecule has 16 heavy (non-hydrogen) atoms. The topological polar surface area (TPSA) is 37.8 Å². The number of rotatable bonds is 1. The van der Waals surface area contributed by atoms with Crippen LogP contribution in [0.5, 0.6) is 0 Å². The largest absolute Gasteiger partial charge is 0.299 e. The van der Waals surface area contributed by atoms with Crippen molar-refractivity contribution in [3.63, 3.8) is 0 Å². The van der Waals surface area contributed by atoms with Crippen LogP contribution in [0.15, 0.2) is 39.7 Å². The van der Waals surface area contributed by atoms with Gasteiger partial charge < -0.3 is 0 Å². The van der Waals surface area contributed by atoms with Crippen molar-refractivity contribution in [1.82, 2.24) is 9.55 Å². The molecule has 0 saturated heterocycles. The minimum Gasteiger partial charge on any atom is -0.299 e. The Balaban J connectivity index is 2.68. The van der Waals surface area contributed by atoms with Crippen LogP contribution in [-0.4, -0.2) is 9.55 Å². The maximum Gasteiger partial charge on any atom is 0.251 e. The van der Waals surface area contributed by atoms with E-state index in [1.165, 1.54) is 6.07 Å². The molecule has 0 radical (unpaired) electrons. The second kappa shape index (κ2) is 4.53. The summed E-state index contributed by atoms with van der Waals surface area (Å²) < 4.78 is 2.85. The number of hydrogen-bond donors (Lipinski definition) is 1. The predicted octanol–water partition coefficient (Wildman–Crippen LogP) is 3.31. The van der Waals surface area contributed by atoms with Gasteiger partial charge in [0.25, 0.3) is 5.56 Å². The first-order valence-corrected chi connectivity index (χ1v) is 5.93. The van der Waals surface area contributed by atoms with E-state index in [1.54, 1.807) is 16.8 Å². The third kappa shape index (κ3) is 2.26.